The van der Waals surface area contributed by atoms with Crippen molar-refractivity contribution in [3.63, 3.8) is 0 Å². The molecule has 32 heavy (non-hydrogen) atoms. The van der Waals surface area contributed by atoms with Crippen LogP contribution in [-0.4, -0.2) is 46.1 Å². The number of amides is 1. The zero-order chi connectivity index (χ0) is 22.9. The first-order valence-electron chi connectivity index (χ1n) is 9.76. The van der Waals surface area contributed by atoms with E-state index in [1.807, 2.05) is 6.92 Å². The standard InChI is InChI=1S/C20H20F3N5O3S/c1-10-13-9-32-19(24)28-20(13,4-5-30-10)12-6-11(2-3-14(12)21)27-17(29)15-7-26-16(8-25-15)31-18(22)23/h2-3,6-8,10,13,18H,4-5,9H2,1H3,(H2,24,28)(H,27,29). The van der Waals surface area contributed by atoms with E-state index in [0.29, 0.717) is 35.2 Å². The van der Waals surface area contributed by atoms with Crippen LogP contribution in [0.25, 0.3) is 0 Å². The Morgan fingerprint density at radius 2 is 2.19 bits per heavy atom. The first-order valence-corrected chi connectivity index (χ1v) is 10.7. The van der Waals surface area contributed by atoms with E-state index >= 15 is 4.39 Å². The Bertz CT molecular complexity index is 1040. The molecule has 0 saturated carbocycles. The van der Waals surface area contributed by atoms with Crippen molar-refractivity contribution < 1.29 is 27.4 Å². The summed E-state index contributed by atoms with van der Waals surface area (Å²) in [5, 5.41) is 3.01. The Kier molecular flexibility index (Phi) is 6.24. The van der Waals surface area contributed by atoms with E-state index in [-0.39, 0.29) is 17.7 Å². The van der Waals surface area contributed by atoms with Gasteiger partial charge in [-0.1, -0.05) is 11.8 Å². The van der Waals surface area contributed by atoms with E-state index in [2.05, 4.69) is 25.0 Å². The maximum absolute atomic E-state index is 15.0. The van der Waals surface area contributed by atoms with Gasteiger partial charge in [-0.25, -0.2) is 14.4 Å². The number of nitrogens with zero attached hydrogens (tertiary/aromatic N) is 3. The van der Waals surface area contributed by atoms with Crippen molar-refractivity contribution in [2.75, 3.05) is 17.7 Å². The molecule has 8 nitrogen and oxygen atoms in total. The number of halogens is 3. The number of carbonyl (C=O) groups excluding carboxylic acids is 1. The Morgan fingerprint density at radius 1 is 1.38 bits per heavy atom. The second-order valence-corrected chi connectivity index (χ2v) is 8.43. The highest BCUT2D eigenvalue weighted by Crippen LogP contribution is 2.48. The molecule has 0 radical (unpaired) electrons. The smallest absolute Gasteiger partial charge is 0.388 e. The second-order valence-electron chi connectivity index (χ2n) is 7.38. The van der Waals surface area contributed by atoms with E-state index in [1.165, 1.54) is 30.0 Å². The maximum atomic E-state index is 15.0. The van der Waals surface area contributed by atoms with Crippen LogP contribution in [0.3, 0.4) is 0 Å². The highest BCUT2D eigenvalue weighted by atomic mass is 32.2. The van der Waals surface area contributed by atoms with Crippen LogP contribution in [0.15, 0.2) is 35.6 Å². The molecule has 1 fully saturated rings. The Labute approximate surface area is 185 Å². The average Bonchev–Trinajstić information content (AvgIpc) is 2.75. The van der Waals surface area contributed by atoms with Crippen molar-refractivity contribution in [2.24, 2.45) is 16.6 Å². The second kappa shape index (κ2) is 8.94. The van der Waals surface area contributed by atoms with Crippen LogP contribution in [0.4, 0.5) is 18.9 Å². The van der Waals surface area contributed by atoms with Crippen molar-refractivity contribution in [3.05, 3.63) is 47.7 Å². The largest absolute Gasteiger partial charge is 0.415 e. The molecular weight excluding hydrogens is 447 g/mol. The number of fused-ring (bicyclic) bond motifs is 1. The molecule has 3 N–H and O–H groups in total. The molecule has 3 unspecified atom stereocenters. The first-order chi connectivity index (χ1) is 15.3. The number of amidine groups is 1. The number of nitrogens with two attached hydrogens (primary N) is 1. The lowest BCUT2D eigenvalue weighted by Crippen LogP contribution is -2.50. The lowest BCUT2D eigenvalue weighted by atomic mass is 9.72. The van der Waals surface area contributed by atoms with Crippen molar-refractivity contribution in [1.82, 2.24) is 9.97 Å². The molecule has 1 saturated heterocycles. The van der Waals surface area contributed by atoms with Gasteiger partial charge in [-0.15, -0.1) is 0 Å². The number of hydrogen-bond acceptors (Lipinski definition) is 8. The zero-order valence-corrected chi connectivity index (χ0v) is 17.7. The molecule has 0 spiro atoms. The van der Waals surface area contributed by atoms with Crippen LogP contribution in [-0.2, 0) is 10.3 Å². The van der Waals surface area contributed by atoms with Gasteiger partial charge in [-0.3, -0.25) is 9.79 Å². The Balaban J connectivity index is 1.61. The number of aliphatic imine (C=N–C) groups is 1. The number of benzene rings is 1. The number of carbonyl (C=O) groups is 1. The number of hydrogen-bond donors (Lipinski definition) is 2. The van der Waals surface area contributed by atoms with Gasteiger partial charge in [-0.05, 0) is 25.1 Å². The summed E-state index contributed by atoms with van der Waals surface area (Å²) in [5.74, 6) is -0.976. The van der Waals surface area contributed by atoms with Gasteiger partial charge in [0.25, 0.3) is 5.91 Å². The highest BCUT2D eigenvalue weighted by molar-refractivity contribution is 8.13. The molecule has 2 aliphatic rings. The number of alkyl halides is 2. The Morgan fingerprint density at radius 3 is 2.91 bits per heavy atom. The molecule has 12 heteroatoms. The minimum atomic E-state index is -3.05. The fourth-order valence-corrected chi connectivity index (χ4v) is 5.14. The molecule has 3 heterocycles. The van der Waals surface area contributed by atoms with E-state index in [0.717, 1.165) is 12.4 Å². The summed E-state index contributed by atoms with van der Waals surface area (Å²) in [4.78, 5) is 24.6. The molecule has 1 amide bonds. The highest BCUT2D eigenvalue weighted by Gasteiger charge is 2.49. The van der Waals surface area contributed by atoms with Gasteiger partial charge in [0.2, 0.25) is 5.88 Å². The van der Waals surface area contributed by atoms with Crippen LogP contribution >= 0.6 is 11.8 Å². The van der Waals surface area contributed by atoms with Gasteiger partial charge in [0.1, 0.15) is 11.5 Å². The van der Waals surface area contributed by atoms with Gasteiger partial charge in [-0.2, -0.15) is 8.78 Å². The molecule has 1 aromatic heterocycles. The summed E-state index contributed by atoms with van der Waals surface area (Å²) in [6, 6.07) is 4.21. The number of anilines is 1. The van der Waals surface area contributed by atoms with Crippen molar-refractivity contribution >= 4 is 28.5 Å². The van der Waals surface area contributed by atoms with Gasteiger partial charge in [0.15, 0.2) is 5.17 Å². The molecule has 0 bridgehead atoms. The molecule has 2 aromatic rings. The first kappa shape index (κ1) is 22.3. The molecule has 1 aromatic carbocycles. The SMILES string of the molecule is CC1OCCC2(c3cc(NC(=O)c4cnc(OC(F)F)cn4)ccc3F)N=C(N)SCC12. The summed E-state index contributed by atoms with van der Waals surface area (Å²) in [6.45, 7) is -0.718. The molecule has 0 aliphatic carbocycles. The summed E-state index contributed by atoms with van der Waals surface area (Å²) < 4.78 is 49.4. The van der Waals surface area contributed by atoms with Gasteiger partial charge in [0.05, 0.1) is 24.0 Å². The normalized spacial score (nSPS) is 25.1. The lowest BCUT2D eigenvalue weighted by Gasteiger charge is -2.47. The van der Waals surface area contributed by atoms with Gasteiger partial charge < -0.3 is 20.5 Å². The van der Waals surface area contributed by atoms with Gasteiger partial charge >= 0.3 is 6.61 Å². The summed E-state index contributed by atoms with van der Waals surface area (Å²) in [5.41, 5.74) is 5.63. The van der Waals surface area contributed by atoms with E-state index in [4.69, 9.17) is 10.5 Å². The molecule has 4 rings (SSSR count). The predicted molar refractivity (Wildman–Crippen MR) is 112 cm³/mol. The minimum absolute atomic E-state index is 0.0951. The quantitative estimate of drug-likeness (QED) is 0.695. The molecule has 2 aliphatic heterocycles. The monoisotopic (exact) mass is 467 g/mol. The summed E-state index contributed by atoms with van der Waals surface area (Å²) in [6.07, 6.45) is 2.24. The maximum Gasteiger partial charge on any atom is 0.388 e. The van der Waals surface area contributed by atoms with Crippen molar-refractivity contribution in [3.8, 4) is 5.88 Å². The van der Waals surface area contributed by atoms with Crippen LogP contribution in [0.1, 0.15) is 29.4 Å². The van der Waals surface area contributed by atoms with E-state index in [1.54, 1.807) is 0 Å². The minimum Gasteiger partial charge on any atom is -0.415 e. The Hall–Kier alpha value is -2.86. The third-order valence-electron chi connectivity index (χ3n) is 5.53. The van der Waals surface area contributed by atoms with Crippen LogP contribution < -0.4 is 15.8 Å². The number of nitrogens with one attached hydrogen (secondary N) is 1. The van der Waals surface area contributed by atoms with E-state index in [9.17, 15) is 13.6 Å². The number of aromatic nitrogens is 2. The fraction of sp³-hybridized carbons (Fsp3) is 0.400. The van der Waals surface area contributed by atoms with Crippen LogP contribution in [0, 0.1) is 11.7 Å². The molecular formula is C20H20F3N5O3S. The third kappa shape index (κ3) is 4.37. The average molecular weight is 467 g/mol. The molecule has 170 valence electrons. The van der Waals surface area contributed by atoms with Crippen molar-refractivity contribution in [1.29, 1.82) is 0 Å². The number of rotatable bonds is 5. The van der Waals surface area contributed by atoms with Crippen LogP contribution in [0.2, 0.25) is 0 Å². The number of ether oxygens (including phenoxy) is 2. The molecule has 3 atom stereocenters. The predicted octanol–water partition coefficient (Wildman–Crippen LogP) is 3.15. The summed E-state index contributed by atoms with van der Waals surface area (Å²) in [7, 11) is 0. The van der Waals surface area contributed by atoms with E-state index < -0.39 is 29.8 Å². The van der Waals surface area contributed by atoms with Crippen molar-refractivity contribution in [2.45, 2.75) is 31.6 Å². The fourth-order valence-electron chi connectivity index (χ4n) is 4.02. The number of thioether (sulfide) groups is 1. The third-order valence-corrected chi connectivity index (χ3v) is 6.44. The van der Waals surface area contributed by atoms with Gasteiger partial charge in [0, 0.05) is 35.9 Å². The lowest BCUT2D eigenvalue weighted by molar-refractivity contribution is -0.0531. The van der Waals surface area contributed by atoms with Crippen LogP contribution in [0.5, 0.6) is 5.88 Å². The topological polar surface area (TPSA) is 112 Å². The zero-order valence-electron chi connectivity index (χ0n) is 16.9. The summed E-state index contributed by atoms with van der Waals surface area (Å²) >= 11 is 1.41.